The Morgan fingerprint density at radius 3 is 2.67 bits per heavy atom. The van der Waals surface area contributed by atoms with E-state index >= 15 is 0 Å². The van der Waals surface area contributed by atoms with Gasteiger partial charge in [-0.1, -0.05) is 44.5 Å². The summed E-state index contributed by atoms with van der Waals surface area (Å²) < 4.78 is 1.64. The molecule has 0 bridgehead atoms. The van der Waals surface area contributed by atoms with E-state index < -0.39 is 5.41 Å². The maximum absolute atomic E-state index is 12.3. The predicted molar refractivity (Wildman–Crippen MR) is 96.3 cm³/mol. The molecule has 0 aliphatic heterocycles. The first-order valence-corrected chi connectivity index (χ1v) is 8.06. The van der Waals surface area contributed by atoms with Gasteiger partial charge < -0.3 is 5.32 Å². The number of halogens is 1. The average Bonchev–Trinajstić information content (AvgIpc) is 2.91. The summed E-state index contributed by atoms with van der Waals surface area (Å²) in [5.41, 5.74) is 3.74. The third-order valence-electron chi connectivity index (χ3n) is 3.75. The molecule has 1 aromatic carbocycles. The van der Waals surface area contributed by atoms with E-state index in [1.165, 1.54) is 0 Å². The van der Waals surface area contributed by atoms with Crippen LogP contribution in [0.1, 0.15) is 26.3 Å². The first-order valence-electron chi connectivity index (χ1n) is 7.68. The van der Waals surface area contributed by atoms with E-state index in [-0.39, 0.29) is 5.91 Å². The van der Waals surface area contributed by atoms with Gasteiger partial charge in [-0.25, -0.2) is 9.50 Å². The van der Waals surface area contributed by atoms with Gasteiger partial charge in [0.25, 0.3) is 0 Å². The zero-order valence-electron chi connectivity index (χ0n) is 14.1. The Labute approximate surface area is 145 Å². The number of carbonyl (C=O) groups is 1. The standard InChI is InChI=1S/C18H19ClN4O/c1-11-5-6-12(9-13(11)21-17(24)18(2,3)4)14-10-23-16(20-14)8-7-15(19)22-23/h5-10H,1-4H3,(H,21,24). The highest BCUT2D eigenvalue weighted by molar-refractivity contribution is 6.29. The number of aromatic nitrogens is 3. The highest BCUT2D eigenvalue weighted by Gasteiger charge is 2.22. The monoisotopic (exact) mass is 342 g/mol. The second kappa shape index (κ2) is 5.91. The molecule has 0 aliphatic rings. The van der Waals surface area contributed by atoms with E-state index in [0.29, 0.717) is 5.15 Å². The van der Waals surface area contributed by atoms with Crippen molar-refractivity contribution in [1.82, 2.24) is 14.6 Å². The smallest absolute Gasteiger partial charge is 0.229 e. The number of aryl methyl sites for hydroxylation is 1. The molecule has 3 rings (SSSR count). The fourth-order valence-corrected chi connectivity index (χ4v) is 2.37. The van der Waals surface area contributed by atoms with Crippen LogP contribution in [0.2, 0.25) is 5.15 Å². The van der Waals surface area contributed by atoms with Gasteiger partial charge in [-0.2, -0.15) is 5.10 Å². The fourth-order valence-electron chi connectivity index (χ4n) is 2.22. The molecule has 0 saturated carbocycles. The Kier molecular flexibility index (Phi) is 4.05. The second-order valence-corrected chi connectivity index (χ2v) is 7.21. The zero-order chi connectivity index (χ0) is 17.5. The maximum atomic E-state index is 12.3. The Balaban J connectivity index is 1.99. The van der Waals surface area contributed by atoms with Gasteiger partial charge in [-0.05, 0) is 30.7 Å². The van der Waals surface area contributed by atoms with Crippen LogP contribution in [0.5, 0.6) is 0 Å². The minimum atomic E-state index is -0.452. The Bertz CT molecular complexity index is 924. The van der Waals surface area contributed by atoms with Crippen molar-refractivity contribution >= 4 is 28.8 Å². The van der Waals surface area contributed by atoms with Crippen molar-refractivity contribution < 1.29 is 4.79 Å². The zero-order valence-corrected chi connectivity index (χ0v) is 14.8. The molecule has 1 amide bonds. The number of hydrogen-bond donors (Lipinski definition) is 1. The molecule has 0 unspecified atom stereocenters. The number of imidazole rings is 1. The fraction of sp³-hybridized carbons (Fsp3) is 0.278. The van der Waals surface area contributed by atoms with E-state index in [1.54, 1.807) is 10.6 Å². The summed E-state index contributed by atoms with van der Waals surface area (Å²) in [5, 5.41) is 7.60. The van der Waals surface area contributed by atoms with Crippen molar-refractivity contribution in [2.24, 2.45) is 5.41 Å². The third kappa shape index (κ3) is 3.26. The van der Waals surface area contributed by atoms with Gasteiger partial charge in [0.1, 0.15) is 5.15 Å². The minimum absolute atomic E-state index is 0.0220. The van der Waals surface area contributed by atoms with Crippen LogP contribution in [-0.2, 0) is 4.79 Å². The molecule has 3 aromatic rings. The van der Waals surface area contributed by atoms with Crippen LogP contribution in [-0.4, -0.2) is 20.5 Å². The number of rotatable bonds is 2. The number of benzene rings is 1. The van der Waals surface area contributed by atoms with E-state index in [4.69, 9.17) is 11.6 Å². The molecule has 0 saturated heterocycles. The molecule has 0 atom stereocenters. The minimum Gasteiger partial charge on any atom is -0.325 e. The molecule has 124 valence electrons. The quantitative estimate of drug-likeness (QED) is 0.753. The maximum Gasteiger partial charge on any atom is 0.229 e. The summed E-state index contributed by atoms with van der Waals surface area (Å²) in [6.07, 6.45) is 1.82. The number of nitrogens with one attached hydrogen (secondary N) is 1. The molecule has 6 heteroatoms. The summed E-state index contributed by atoms with van der Waals surface area (Å²) in [6, 6.07) is 9.40. The molecule has 2 aromatic heterocycles. The van der Waals surface area contributed by atoms with Crippen LogP contribution in [0, 0.1) is 12.3 Å². The van der Waals surface area contributed by atoms with Crippen molar-refractivity contribution in [2.45, 2.75) is 27.7 Å². The van der Waals surface area contributed by atoms with Crippen molar-refractivity contribution in [1.29, 1.82) is 0 Å². The number of anilines is 1. The van der Waals surface area contributed by atoms with Gasteiger partial charge in [0.2, 0.25) is 5.91 Å². The first kappa shape index (κ1) is 16.5. The number of hydrogen-bond acceptors (Lipinski definition) is 3. The van der Waals surface area contributed by atoms with Crippen LogP contribution in [0.25, 0.3) is 16.9 Å². The first-order chi connectivity index (χ1) is 11.2. The number of fused-ring (bicyclic) bond motifs is 1. The lowest BCUT2D eigenvalue weighted by Crippen LogP contribution is -2.27. The van der Waals surface area contributed by atoms with E-state index in [0.717, 1.165) is 28.2 Å². The predicted octanol–water partition coefficient (Wildman–Crippen LogP) is 4.34. The molecule has 5 nitrogen and oxygen atoms in total. The van der Waals surface area contributed by atoms with Crippen LogP contribution < -0.4 is 5.32 Å². The Hall–Kier alpha value is -2.40. The summed E-state index contributed by atoms with van der Waals surface area (Å²) in [7, 11) is 0. The molecule has 0 fully saturated rings. The van der Waals surface area contributed by atoms with Gasteiger partial charge in [0.15, 0.2) is 5.65 Å². The SMILES string of the molecule is Cc1ccc(-c2cn3nc(Cl)ccc3n2)cc1NC(=O)C(C)(C)C. The third-order valence-corrected chi connectivity index (χ3v) is 3.95. The van der Waals surface area contributed by atoms with Gasteiger partial charge in [0.05, 0.1) is 11.9 Å². The molecule has 0 radical (unpaired) electrons. The average molecular weight is 343 g/mol. The summed E-state index contributed by atoms with van der Waals surface area (Å²) in [6.45, 7) is 7.63. The van der Waals surface area contributed by atoms with Gasteiger partial charge >= 0.3 is 0 Å². The van der Waals surface area contributed by atoms with Crippen LogP contribution in [0.4, 0.5) is 5.69 Å². The molecule has 24 heavy (non-hydrogen) atoms. The molecule has 0 spiro atoms. The molecule has 2 heterocycles. The Morgan fingerprint density at radius 2 is 1.96 bits per heavy atom. The summed E-state index contributed by atoms with van der Waals surface area (Å²) in [5.74, 6) is -0.0220. The normalized spacial score (nSPS) is 11.7. The van der Waals surface area contributed by atoms with Crippen molar-refractivity contribution in [3.05, 3.63) is 47.2 Å². The van der Waals surface area contributed by atoms with E-state index in [2.05, 4.69) is 15.4 Å². The molecular weight excluding hydrogens is 324 g/mol. The molecular formula is C18H19ClN4O. The van der Waals surface area contributed by atoms with E-state index in [1.807, 2.05) is 58.2 Å². The number of carbonyl (C=O) groups excluding carboxylic acids is 1. The lowest BCUT2D eigenvalue weighted by molar-refractivity contribution is -0.123. The van der Waals surface area contributed by atoms with Crippen LogP contribution in [0.3, 0.4) is 0 Å². The van der Waals surface area contributed by atoms with Crippen LogP contribution in [0.15, 0.2) is 36.5 Å². The van der Waals surface area contributed by atoms with Gasteiger partial charge in [-0.3, -0.25) is 4.79 Å². The summed E-state index contributed by atoms with van der Waals surface area (Å²) in [4.78, 5) is 16.8. The van der Waals surface area contributed by atoms with Crippen molar-refractivity contribution in [2.75, 3.05) is 5.32 Å². The number of amides is 1. The van der Waals surface area contributed by atoms with Crippen molar-refractivity contribution in [3.8, 4) is 11.3 Å². The largest absolute Gasteiger partial charge is 0.325 e. The highest BCUT2D eigenvalue weighted by atomic mass is 35.5. The van der Waals surface area contributed by atoms with Crippen LogP contribution >= 0.6 is 11.6 Å². The topological polar surface area (TPSA) is 59.3 Å². The van der Waals surface area contributed by atoms with Crippen molar-refractivity contribution in [3.63, 3.8) is 0 Å². The van der Waals surface area contributed by atoms with Gasteiger partial charge in [-0.15, -0.1) is 0 Å². The van der Waals surface area contributed by atoms with E-state index in [9.17, 15) is 4.79 Å². The Morgan fingerprint density at radius 1 is 1.21 bits per heavy atom. The number of nitrogens with zero attached hydrogens (tertiary/aromatic N) is 3. The highest BCUT2D eigenvalue weighted by Crippen LogP contribution is 2.27. The molecule has 1 N–H and O–H groups in total. The molecule has 0 aliphatic carbocycles. The van der Waals surface area contributed by atoms with Gasteiger partial charge in [0, 0.05) is 16.7 Å². The lowest BCUT2D eigenvalue weighted by atomic mass is 9.95. The summed E-state index contributed by atoms with van der Waals surface area (Å²) >= 11 is 5.91. The lowest BCUT2D eigenvalue weighted by Gasteiger charge is -2.19. The second-order valence-electron chi connectivity index (χ2n) is 6.82.